The number of aromatic nitrogens is 3. The third-order valence-corrected chi connectivity index (χ3v) is 14.0. The van der Waals surface area contributed by atoms with E-state index in [1.807, 2.05) is 24.3 Å². The van der Waals surface area contributed by atoms with E-state index in [0.717, 1.165) is 62.5 Å². The molecule has 0 saturated carbocycles. The van der Waals surface area contributed by atoms with Crippen molar-refractivity contribution in [3.8, 4) is 73.0 Å². The van der Waals surface area contributed by atoms with E-state index < -0.39 is 0 Å². The molecule has 1 aliphatic rings. The van der Waals surface area contributed by atoms with Crippen molar-refractivity contribution in [2.45, 2.75) is 18.8 Å². The lowest BCUT2D eigenvalue weighted by molar-refractivity contribution is 0.601. The Morgan fingerprint density at radius 3 is 1.76 bits per heavy atom. The van der Waals surface area contributed by atoms with Crippen molar-refractivity contribution in [2.24, 2.45) is 0 Å². The molecule has 0 N–H and O–H groups in total. The normalized spacial score (nSPS) is 14.3. The summed E-state index contributed by atoms with van der Waals surface area (Å²) in [6.45, 7) is 2.37. The Morgan fingerprint density at radius 1 is 0.443 bits per heavy atom. The number of para-hydroxylation sites is 2. The summed E-state index contributed by atoms with van der Waals surface area (Å²) in [4.78, 5) is 12.7. The molecular formula is C66H50N4. The fourth-order valence-electron chi connectivity index (χ4n) is 10.4. The number of anilines is 2. The summed E-state index contributed by atoms with van der Waals surface area (Å²) >= 11 is 0. The molecule has 0 saturated heterocycles. The van der Waals surface area contributed by atoms with Crippen molar-refractivity contribution >= 4 is 33.2 Å². The minimum Gasteiger partial charge on any atom is -0.344 e. The average molecular weight is 899 g/mol. The summed E-state index contributed by atoms with van der Waals surface area (Å²) in [5.41, 5.74) is 18.8. The van der Waals surface area contributed by atoms with Gasteiger partial charge in [-0.15, -0.1) is 0 Å². The first-order valence-electron chi connectivity index (χ1n) is 24.1. The minimum absolute atomic E-state index is 0.183. The molecule has 1 atom stereocenters. The van der Waals surface area contributed by atoms with Gasteiger partial charge in [0.25, 0.3) is 0 Å². The van der Waals surface area contributed by atoms with Gasteiger partial charge in [0.05, 0.1) is 22.4 Å². The molecule has 1 unspecified atom stereocenters. The van der Waals surface area contributed by atoms with Crippen LogP contribution in [0.3, 0.4) is 0 Å². The zero-order valence-electron chi connectivity index (χ0n) is 39.2. The highest BCUT2D eigenvalue weighted by molar-refractivity contribution is 6.10. The molecule has 0 amide bonds. The number of nitrogens with zero attached hydrogens (tertiary/aromatic N) is 4. The molecule has 12 rings (SSSR count). The molecular weight excluding hydrogens is 849 g/mol. The highest BCUT2D eigenvalue weighted by atomic mass is 15.1. The molecule has 2 aromatic heterocycles. The van der Waals surface area contributed by atoms with Crippen molar-refractivity contribution in [1.82, 2.24) is 14.5 Å². The van der Waals surface area contributed by atoms with Crippen LogP contribution in [0, 0.1) is 0 Å². The smallest absolute Gasteiger partial charge is 0.160 e. The summed E-state index contributed by atoms with van der Waals surface area (Å²) in [7, 11) is 2.18. The molecule has 334 valence electrons. The molecule has 4 heteroatoms. The van der Waals surface area contributed by atoms with E-state index in [1.54, 1.807) is 0 Å². The van der Waals surface area contributed by atoms with Gasteiger partial charge in [-0.1, -0.05) is 207 Å². The van der Waals surface area contributed by atoms with Crippen LogP contribution in [-0.2, 0) is 5.41 Å². The first kappa shape index (κ1) is 42.5. The van der Waals surface area contributed by atoms with Gasteiger partial charge in [0.15, 0.2) is 5.82 Å². The Bertz CT molecular complexity index is 3740. The van der Waals surface area contributed by atoms with Gasteiger partial charge in [-0.05, 0) is 100.0 Å². The van der Waals surface area contributed by atoms with Gasteiger partial charge in [0, 0.05) is 57.0 Å². The molecule has 1 aliphatic carbocycles. The van der Waals surface area contributed by atoms with Crippen LogP contribution in [-0.4, -0.2) is 21.6 Å². The van der Waals surface area contributed by atoms with E-state index >= 15 is 0 Å². The summed E-state index contributed by atoms with van der Waals surface area (Å²) in [5, 5.41) is 2.44. The minimum atomic E-state index is -0.183. The Kier molecular flexibility index (Phi) is 10.9. The third kappa shape index (κ3) is 7.89. The van der Waals surface area contributed by atoms with E-state index in [0.29, 0.717) is 5.82 Å². The lowest BCUT2D eigenvalue weighted by atomic mass is 9.73. The number of allylic oxidation sites excluding steroid dienone is 4. The lowest BCUT2D eigenvalue weighted by Crippen LogP contribution is -2.25. The molecule has 0 aliphatic heterocycles. The molecule has 70 heavy (non-hydrogen) atoms. The maximum Gasteiger partial charge on any atom is 0.160 e. The second kappa shape index (κ2) is 18.0. The van der Waals surface area contributed by atoms with Crippen LogP contribution in [0.1, 0.15) is 18.9 Å². The van der Waals surface area contributed by atoms with Crippen molar-refractivity contribution in [2.75, 3.05) is 11.9 Å². The maximum atomic E-state index is 5.20. The third-order valence-electron chi connectivity index (χ3n) is 14.0. The standard InChI is InChI=1S/C66H50N4/c1-66(41-15-6-16-42-66)64-56(28-18-30-62(64)69(2)54-25-11-5-12-26-54)48-35-38-55(39-36-48)70-61-29-14-13-27-57(61)58-40-37-52(44-63(58)70)51-23-17-24-53(43-51)60-45-59(67-65(68-60)50-21-9-4-10-22-50)49-33-31-47(32-34-49)46-19-7-3-8-20-46/h3-41,43-45H,42H2,1-2H3. The zero-order chi connectivity index (χ0) is 47.0. The predicted molar refractivity (Wildman–Crippen MR) is 294 cm³/mol. The van der Waals surface area contributed by atoms with Gasteiger partial charge >= 0.3 is 0 Å². The monoisotopic (exact) mass is 898 g/mol. The average Bonchev–Trinajstić information content (AvgIpc) is 3.77. The molecule has 0 spiro atoms. The molecule has 0 fully saturated rings. The molecule has 11 aromatic rings. The Labute approximate surface area is 409 Å². The van der Waals surface area contributed by atoms with Crippen molar-refractivity contribution < 1.29 is 0 Å². The van der Waals surface area contributed by atoms with Crippen molar-refractivity contribution in [3.05, 3.63) is 260 Å². The molecule has 9 aromatic carbocycles. The SMILES string of the molecule is CN(c1ccccc1)c1cccc(-c2ccc(-n3c4ccccc4c4ccc(-c5cccc(-c6cc(-c7ccc(-c8ccccc8)cc7)nc(-c7ccccc7)n6)c5)cc43)cc2)c1C1(C)C=CC=CC1. The second-order valence-electron chi connectivity index (χ2n) is 18.5. The van der Waals surface area contributed by atoms with Gasteiger partial charge < -0.3 is 9.47 Å². The van der Waals surface area contributed by atoms with Gasteiger partial charge in [-0.2, -0.15) is 0 Å². The van der Waals surface area contributed by atoms with E-state index in [2.05, 4.69) is 254 Å². The summed E-state index contributed by atoms with van der Waals surface area (Å²) in [6.07, 6.45) is 9.95. The van der Waals surface area contributed by atoms with Gasteiger partial charge in [-0.3, -0.25) is 0 Å². The number of fused-ring (bicyclic) bond motifs is 3. The van der Waals surface area contributed by atoms with Crippen molar-refractivity contribution in [3.63, 3.8) is 0 Å². The predicted octanol–water partition coefficient (Wildman–Crippen LogP) is 17.1. The van der Waals surface area contributed by atoms with Crippen LogP contribution >= 0.6 is 0 Å². The highest BCUT2D eigenvalue weighted by Crippen LogP contribution is 2.46. The summed E-state index contributed by atoms with van der Waals surface area (Å²) in [6, 6.07) is 82.6. The van der Waals surface area contributed by atoms with Crippen molar-refractivity contribution in [1.29, 1.82) is 0 Å². The molecule has 0 radical (unpaired) electrons. The summed E-state index contributed by atoms with van der Waals surface area (Å²) < 4.78 is 2.42. The first-order valence-corrected chi connectivity index (χ1v) is 24.1. The number of hydrogen-bond acceptors (Lipinski definition) is 3. The second-order valence-corrected chi connectivity index (χ2v) is 18.5. The van der Waals surface area contributed by atoms with Crippen LogP contribution in [0.15, 0.2) is 255 Å². The molecule has 2 heterocycles. The zero-order valence-corrected chi connectivity index (χ0v) is 39.2. The lowest BCUT2D eigenvalue weighted by Gasteiger charge is -2.35. The van der Waals surface area contributed by atoms with Crippen LogP contribution in [0.25, 0.3) is 94.8 Å². The quantitative estimate of drug-likeness (QED) is 0.137. The summed E-state index contributed by atoms with van der Waals surface area (Å²) in [5.74, 6) is 0.697. The van der Waals surface area contributed by atoms with E-state index in [4.69, 9.17) is 9.97 Å². The van der Waals surface area contributed by atoms with Gasteiger partial charge in [0.2, 0.25) is 0 Å². The van der Waals surface area contributed by atoms with Crippen LogP contribution in [0.4, 0.5) is 11.4 Å². The Hall–Kier alpha value is -8.86. The highest BCUT2D eigenvalue weighted by Gasteiger charge is 2.31. The number of rotatable bonds is 10. The van der Waals surface area contributed by atoms with Crippen LogP contribution < -0.4 is 4.90 Å². The fourth-order valence-corrected chi connectivity index (χ4v) is 10.4. The van der Waals surface area contributed by atoms with E-state index in [1.165, 1.54) is 49.8 Å². The molecule has 4 nitrogen and oxygen atoms in total. The van der Waals surface area contributed by atoms with Gasteiger partial charge in [-0.25, -0.2) is 9.97 Å². The largest absolute Gasteiger partial charge is 0.344 e. The Balaban J connectivity index is 0.931. The first-order chi connectivity index (χ1) is 34.5. The maximum absolute atomic E-state index is 5.20. The van der Waals surface area contributed by atoms with Crippen LogP contribution in [0.5, 0.6) is 0 Å². The van der Waals surface area contributed by atoms with E-state index in [-0.39, 0.29) is 5.41 Å². The Morgan fingerprint density at radius 2 is 1.01 bits per heavy atom. The number of benzene rings is 9. The van der Waals surface area contributed by atoms with E-state index in [9.17, 15) is 0 Å². The topological polar surface area (TPSA) is 34.0 Å². The van der Waals surface area contributed by atoms with Crippen LogP contribution in [0.2, 0.25) is 0 Å². The number of hydrogen-bond donors (Lipinski definition) is 0. The van der Waals surface area contributed by atoms with Gasteiger partial charge in [0.1, 0.15) is 0 Å². The molecule has 0 bridgehead atoms. The fraction of sp³-hybridized carbons (Fsp3) is 0.0606.